The molecule has 0 bridgehead atoms. The Bertz CT molecular complexity index is 909. The average Bonchev–Trinajstić information content (AvgIpc) is 2.77. The molecule has 1 aliphatic rings. The van der Waals surface area contributed by atoms with Gasteiger partial charge in [0, 0.05) is 60.0 Å². The monoisotopic (exact) mass is 461 g/mol. The quantitative estimate of drug-likeness (QED) is 0.470. The molecular weight excluding hydrogens is 434 g/mol. The topological polar surface area (TPSA) is 100 Å². The van der Waals surface area contributed by atoms with Crippen LogP contribution < -0.4 is 20.1 Å². The Morgan fingerprint density at radius 1 is 1.12 bits per heavy atom. The molecule has 3 N–H and O–H groups in total. The van der Waals surface area contributed by atoms with Crippen LogP contribution in [0.3, 0.4) is 0 Å². The maximum Gasteiger partial charge on any atom is 0.319 e. The van der Waals surface area contributed by atoms with Crippen LogP contribution in [-0.2, 0) is 0 Å². The SMILES string of the molecule is COc1cc(NC(=O)N[C@H](CO)CCN2CC(C(=O)c3ccc(Cl)cc3)C2)cc(OC)c1. The third kappa shape index (κ3) is 6.35. The lowest BCUT2D eigenvalue weighted by atomic mass is 9.90. The van der Waals surface area contributed by atoms with Crippen molar-refractivity contribution in [1.29, 1.82) is 0 Å². The van der Waals surface area contributed by atoms with Gasteiger partial charge in [-0.15, -0.1) is 0 Å². The molecule has 0 unspecified atom stereocenters. The van der Waals surface area contributed by atoms with Crippen LogP contribution in [0.1, 0.15) is 16.8 Å². The minimum Gasteiger partial charge on any atom is -0.497 e. The molecule has 1 aliphatic heterocycles. The Balaban J connectivity index is 1.43. The third-order valence-electron chi connectivity index (χ3n) is 5.42. The van der Waals surface area contributed by atoms with E-state index in [-0.39, 0.29) is 18.3 Å². The summed E-state index contributed by atoms with van der Waals surface area (Å²) in [4.78, 5) is 27.0. The maximum atomic E-state index is 12.5. The van der Waals surface area contributed by atoms with Crippen LogP contribution in [0.4, 0.5) is 10.5 Å². The van der Waals surface area contributed by atoms with E-state index in [0.717, 1.165) is 0 Å². The molecule has 0 radical (unpaired) electrons. The number of carbonyl (C=O) groups excluding carboxylic acids is 2. The second kappa shape index (κ2) is 11.2. The summed E-state index contributed by atoms with van der Waals surface area (Å²) in [6.07, 6.45) is 0.563. The number of benzene rings is 2. The molecule has 172 valence electrons. The van der Waals surface area contributed by atoms with Crippen molar-refractivity contribution in [1.82, 2.24) is 10.2 Å². The number of hydrogen-bond acceptors (Lipinski definition) is 6. The minimum atomic E-state index is -0.432. The fraction of sp³-hybridized carbons (Fsp3) is 0.391. The van der Waals surface area contributed by atoms with Crippen LogP contribution in [0, 0.1) is 5.92 Å². The predicted octanol–water partition coefficient (Wildman–Crippen LogP) is 3.04. The molecule has 1 fully saturated rings. The number of nitrogens with one attached hydrogen (secondary N) is 2. The zero-order valence-corrected chi connectivity index (χ0v) is 18.9. The molecule has 2 aromatic carbocycles. The van der Waals surface area contributed by atoms with Crippen molar-refractivity contribution in [2.24, 2.45) is 5.92 Å². The van der Waals surface area contributed by atoms with Crippen LogP contribution in [0.25, 0.3) is 0 Å². The molecule has 0 spiro atoms. The molecule has 9 heteroatoms. The number of rotatable bonds is 10. The van der Waals surface area contributed by atoms with Gasteiger partial charge in [0.05, 0.1) is 26.9 Å². The Labute approximate surface area is 192 Å². The minimum absolute atomic E-state index is 0.0388. The fourth-order valence-electron chi connectivity index (χ4n) is 3.55. The first-order valence-corrected chi connectivity index (χ1v) is 10.7. The van der Waals surface area contributed by atoms with Gasteiger partial charge in [-0.05, 0) is 30.7 Å². The lowest BCUT2D eigenvalue weighted by molar-refractivity contribution is 0.0601. The molecule has 32 heavy (non-hydrogen) atoms. The number of urea groups is 1. The van der Waals surface area contributed by atoms with Gasteiger partial charge < -0.3 is 30.1 Å². The van der Waals surface area contributed by atoms with E-state index >= 15 is 0 Å². The zero-order chi connectivity index (χ0) is 23.1. The number of likely N-dealkylation sites (tertiary alicyclic amines) is 1. The van der Waals surface area contributed by atoms with E-state index < -0.39 is 12.1 Å². The van der Waals surface area contributed by atoms with Gasteiger partial charge in [-0.2, -0.15) is 0 Å². The first-order valence-electron chi connectivity index (χ1n) is 10.4. The summed E-state index contributed by atoms with van der Waals surface area (Å²) in [7, 11) is 3.06. The summed E-state index contributed by atoms with van der Waals surface area (Å²) >= 11 is 5.87. The highest BCUT2D eigenvalue weighted by Gasteiger charge is 2.33. The van der Waals surface area contributed by atoms with E-state index in [9.17, 15) is 14.7 Å². The Kier molecular flexibility index (Phi) is 8.33. The van der Waals surface area contributed by atoms with E-state index in [1.165, 1.54) is 14.2 Å². The molecule has 1 saturated heterocycles. The molecule has 3 rings (SSSR count). The standard InChI is InChI=1S/C23H28ClN3O5/c1-31-20-9-19(10-21(11-20)32-2)26-23(30)25-18(14-28)7-8-27-12-16(13-27)22(29)15-3-5-17(24)6-4-15/h3-6,9-11,16,18,28H,7-8,12-14H2,1-2H3,(H2,25,26,30)/t18-/m0/s1. The number of aliphatic hydroxyl groups is 1. The summed E-state index contributed by atoms with van der Waals surface area (Å²) < 4.78 is 10.4. The van der Waals surface area contributed by atoms with Crippen LogP contribution in [-0.4, -0.2) is 68.3 Å². The van der Waals surface area contributed by atoms with Gasteiger partial charge in [-0.3, -0.25) is 4.79 Å². The first kappa shape index (κ1) is 23.8. The van der Waals surface area contributed by atoms with E-state index in [2.05, 4.69) is 15.5 Å². The maximum absolute atomic E-state index is 12.5. The van der Waals surface area contributed by atoms with Crippen molar-refractivity contribution < 1.29 is 24.2 Å². The summed E-state index contributed by atoms with van der Waals surface area (Å²) in [6, 6.07) is 11.1. The first-order chi connectivity index (χ1) is 15.4. The lowest BCUT2D eigenvalue weighted by Crippen LogP contribution is -2.52. The van der Waals surface area contributed by atoms with Gasteiger partial charge in [0.25, 0.3) is 0 Å². The Hall–Kier alpha value is -2.81. The number of amides is 2. The number of methoxy groups -OCH3 is 2. The largest absolute Gasteiger partial charge is 0.497 e. The second-order valence-electron chi connectivity index (χ2n) is 7.70. The molecular formula is C23H28ClN3O5. The molecule has 2 amide bonds. The van der Waals surface area contributed by atoms with Gasteiger partial charge in [0.1, 0.15) is 11.5 Å². The third-order valence-corrected chi connectivity index (χ3v) is 5.67. The average molecular weight is 462 g/mol. The van der Waals surface area contributed by atoms with Crippen molar-refractivity contribution in [3.05, 3.63) is 53.1 Å². The number of halogens is 1. The van der Waals surface area contributed by atoms with Crippen LogP contribution in [0.2, 0.25) is 5.02 Å². The number of carbonyl (C=O) groups is 2. The van der Waals surface area contributed by atoms with Gasteiger partial charge in [0.2, 0.25) is 0 Å². The number of hydrogen-bond donors (Lipinski definition) is 3. The van der Waals surface area contributed by atoms with Crippen molar-refractivity contribution >= 4 is 29.1 Å². The number of nitrogens with zero attached hydrogens (tertiary/aromatic N) is 1. The second-order valence-corrected chi connectivity index (χ2v) is 8.13. The molecule has 0 saturated carbocycles. The number of Topliss-reactive ketones (excluding diaryl/α,β-unsaturated/α-hetero) is 1. The highest BCUT2D eigenvalue weighted by molar-refractivity contribution is 6.30. The van der Waals surface area contributed by atoms with Crippen LogP contribution in [0.15, 0.2) is 42.5 Å². The van der Waals surface area contributed by atoms with Gasteiger partial charge in [0.15, 0.2) is 5.78 Å². The van der Waals surface area contributed by atoms with Gasteiger partial charge in [-0.1, -0.05) is 11.6 Å². The van der Waals surface area contributed by atoms with E-state index in [1.807, 2.05) is 0 Å². The summed E-state index contributed by atoms with van der Waals surface area (Å²) in [5.74, 6) is 1.18. The van der Waals surface area contributed by atoms with Crippen molar-refractivity contribution in [2.45, 2.75) is 12.5 Å². The Morgan fingerprint density at radius 2 is 1.75 bits per heavy atom. The summed E-state index contributed by atoms with van der Waals surface area (Å²) in [5, 5.41) is 15.8. The molecule has 1 atom stereocenters. The van der Waals surface area contributed by atoms with Gasteiger partial charge in [-0.25, -0.2) is 4.79 Å². The highest BCUT2D eigenvalue weighted by Crippen LogP contribution is 2.26. The number of ketones is 1. The van der Waals surface area contributed by atoms with Gasteiger partial charge >= 0.3 is 6.03 Å². The van der Waals surface area contributed by atoms with Crippen LogP contribution in [0.5, 0.6) is 11.5 Å². The van der Waals surface area contributed by atoms with E-state index in [0.29, 0.717) is 53.8 Å². The van der Waals surface area contributed by atoms with E-state index in [4.69, 9.17) is 21.1 Å². The summed E-state index contributed by atoms with van der Waals surface area (Å²) in [6.45, 7) is 1.81. The Morgan fingerprint density at radius 3 is 2.31 bits per heavy atom. The van der Waals surface area contributed by atoms with Crippen molar-refractivity contribution in [3.63, 3.8) is 0 Å². The number of anilines is 1. The molecule has 0 aliphatic carbocycles. The molecule has 8 nitrogen and oxygen atoms in total. The predicted molar refractivity (Wildman–Crippen MR) is 123 cm³/mol. The van der Waals surface area contributed by atoms with Crippen LogP contribution >= 0.6 is 11.6 Å². The van der Waals surface area contributed by atoms with E-state index in [1.54, 1.807) is 42.5 Å². The molecule has 2 aromatic rings. The number of ether oxygens (including phenoxy) is 2. The lowest BCUT2D eigenvalue weighted by Gasteiger charge is -2.39. The number of aliphatic hydroxyl groups excluding tert-OH is 1. The highest BCUT2D eigenvalue weighted by atomic mass is 35.5. The molecule has 0 aromatic heterocycles. The smallest absolute Gasteiger partial charge is 0.319 e. The van der Waals surface area contributed by atoms with Crippen molar-refractivity contribution in [2.75, 3.05) is 45.8 Å². The molecule has 1 heterocycles. The fourth-order valence-corrected chi connectivity index (χ4v) is 3.67. The normalized spacial score (nSPS) is 14.9. The zero-order valence-electron chi connectivity index (χ0n) is 18.1. The summed E-state index contributed by atoms with van der Waals surface area (Å²) in [5.41, 5.74) is 1.18. The van der Waals surface area contributed by atoms with Crippen molar-refractivity contribution in [3.8, 4) is 11.5 Å².